The lowest BCUT2D eigenvalue weighted by atomic mass is 9.93. The molecule has 3 unspecified atom stereocenters. The smallest absolute Gasteiger partial charge is 0.0802 e. The average molecular weight is 229 g/mol. The molecule has 15 heavy (non-hydrogen) atoms. The molecule has 0 radical (unpaired) electrons. The monoisotopic (exact) mass is 228 g/mol. The van der Waals surface area contributed by atoms with Crippen molar-refractivity contribution in [3.63, 3.8) is 0 Å². The van der Waals surface area contributed by atoms with Crippen molar-refractivity contribution in [3.05, 3.63) is 34.9 Å². The van der Waals surface area contributed by atoms with Crippen LogP contribution in [0.4, 0.5) is 0 Å². The first-order valence-corrected chi connectivity index (χ1v) is 5.50. The van der Waals surface area contributed by atoms with Crippen molar-refractivity contribution in [3.8, 4) is 0 Å². The summed E-state index contributed by atoms with van der Waals surface area (Å²) in [5.74, 6) is 0.215. The van der Waals surface area contributed by atoms with Gasteiger partial charge in [0.1, 0.15) is 0 Å². The van der Waals surface area contributed by atoms with Crippen LogP contribution in [0.15, 0.2) is 24.3 Å². The molecule has 1 aromatic rings. The minimum Gasteiger partial charge on any atom is -0.391 e. The van der Waals surface area contributed by atoms with Gasteiger partial charge >= 0.3 is 0 Å². The summed E-state index contributed by atoms with van der Waals surface area (Å²) in [6.45, 7) is 3.62. The highest BCUT2D eigenvalue weighted by molar-refractivity contribution is 6.30. The summed E-state index contributed by atoms with van der Waals surface area (Å²) in [5.41, 5.74) is 1.12. The lowest BCUT2D eigenvalue weighted by molar-refractivity contribution is 0.0227. The van der Waals surface area contributed by atoms with Crippen molar-refractivity contribution in [1.82, 2.24) is 0 Å². The van der Waals surface area contributed by atoms with Gasteiger partial charge in [-0.2, -0.15) is 0 Å². The van der Waals surface area contributed by atoms with E-state index in [0.717, 1.165) is 5.56 Å². The van der Waals surface area contributed by atoms with Crippen LogP contribution in [-0.2, 0) is 0 Å². The summed E-state index contributed by atoms with van der Waals surface area (Å²) in [5, 5.41) is 19.4. The van der Waals surface area contributed by atoms with Crippen molar-refractivity contribution < 1.29 is 10.2 Å². The van der Waals surface area contributed by atoms with Crippen LogP contribution in [0.3, 0.4) is 0 Å². The van der Waals surface area contributed by atoms with E-state index in [4.69, 9.17) is 11.6 Å². The van der Waals surface area contributed by atoms with Gasteiger partial charge in [0.25, 0.3) is 0 Å². The van der Waals surface area contributed by atoms with Crippen molar-refractivity contribution in [1.29, 1.82) is 0 Å². The summed E-state index contributed by atoms with van der Waals surface area (Å²) in [4.78, 5) is 0. The third-order valence-electron chi connectivity index (χ3n) is 2.59. The maximum atomic E-state index is 9.54. The second kappa shape index (κ2) is 5.50. The zero-order valence-electron chi connectivity index (χ0n) is 9.02. The summed E-state index contributed by atoms with van der Waals surface area (Å²) in [7, 11) is 0. The van der Waals surface area contributed by atoms with Crippen LogP contribution >= 0.6 is 11.6 Å². The van der Waals surface area contributed by atoms with Gasteiger partial charge in [0.05, 0.1) is 12.2 Å². The van der Waals surface area contributed by atoms with E-state index in [1.165, 1.54) is 0 Å². The van der Waals surface area contributed by atoms with Gasteiger partial charge in [0.15, 0.2) is 0 Å². The van der Waals surface area contributed by atoms with Crippen LogP contribution in [0, 0.1) is 0 Å². The molecule has 0 amide bonds. The minimum atomic E-state index is -0.681. The van der Waals surface area contributed by atoms with Crippen molar-refractivity contribution >= 4 is 11.6 Å². The SMILES string of the molecule is CC(CC(O)C(C)O)c1ccc(Cl)cc1. The Labute approximate surface area is 95.5 Å². The zero-order chi connectivity index (χ0) is 11.4. The van der Waals surface area contributed by atoms with E-state index >= 15 is 0 Å². The van der Waals surface area contributed by atoms with Gasteiger partial charge in [-0.05, 0) is 37.0 Å². The Kier molecular flexibility index (Phi) is 4.58. The molecule has 1 aromatic carbocycles. The van der Waals surface area contributed by atoms with Crippen LogP contribution in [0.25, 0.3) is 0 Å². The number of hydrogen-bond acceptors (Lipinski definition) is 2. The van der Waals surface area contributed by atoms with Crippen LogP contribution < -0.4 is 0 Å². The number of hydrogen-bond donors (Lipinski definition) is 2. The quantitative estimate of drug-likeness (QED) is 0.832. The predicted octanol–water partition coefficient (Wildman–Crippen LogP) is 2.58. The highest BCUT2D eigenvalue weighted by Crippen LogP contribution is 2.23. The molecule has 0 aliphatic carbocycles. The van der Waals surface area contributed by atoms with E-state index in [9.17, 15) is 10.2 Å². The first kappa shape index (κ1) is 12.5. The Morgan fingerprint density at radius 1 is 1.13 bits per heavy atom. The molecule has 84 valence electrons. The fourth-order valence-corrected chi connectivity index (χ4v) is 1.61. The number of aliphatic hydroxyl groups is 2. The molecule has 1 rings (SSSR count). The summed E-state index contributed by atoms with van der Waals surface area (Å²) >= 11 is 5.78. The van der Waals surface area contributed by atoms with Crippen molar-refractivity contribution in [2.75, 3.05) is 0 Å². The number of benzene rings is 1. The van der Waals surface area contributed by atoms with E-state index in [-0.39, 0.29) is 5.92 Å². The molecular formula is C12H17ClO2. The van der Waals surface area contributed by atoms with Crippen LogP contribution in [0.2, 0.25) is 5.02 Å². The summed E-state index contributed by atoms with van der Waals surface area (Å²) in [6.07, 6.45) is -0.797. The Morgan fingerprint density at radius 3 is 2.13 bits per heavy atom. The highest BCUT2D eigenvalue weighted by atomic mass is 35.5. The maximum absolute atomic E-state index is 9.54. The normalized spacial score (nSPS) is 17.1. The second-order valence-electron chi connectivity index (χ2n) is 4.00. The molecule has 0 aromatic heterocycles. The average Bonchev–Trinajstić information content (AvgIpc) is 2.18. The molecule has 0 bridgehead atoms. The second-order valence-corrected chi connectivity index (χ2v) is 4.43. The maximum Gasteiger partial charge on any atom is 0.0802 e. The molecule has 0 heterocycles. The molecule has 3 heteroatoms. The zero-order valence-corrected chi connectivity index (χ0v) is 9.78. The minimum absolute atomic E-state index is 0.215. The summed E-state index contributed by atoms with van der Waals surface area (Å²) < 4.78 is 0. The van der Waals surface area contributed by atoms with Gasteiger partial charge in [-0.25, -0.2) is 0 Å². The van der Waals surface area contributed by atoms with Crippen LogP contribution in [0.5, 0.6) is 0 Å². The first-order chi connectivity index (χ1) is 7.00. The number of rotatable bonds is 4. The molecule has 0 aliphatic rings. The topological polar surface area (TPSA) is 40.5 Å². The van der Waals surface area contributed by atoms with Crippen molar-refractivity contribution in [2.24, 2.45) is 0 Å². The van der Waals surface area contributed by atoms with E-state index in [1.807, 2.05) is 31.2 Å². The molecule has 0 fully saturated rings. The van der Waals surface area contributed by atoms with E-state index in [2.05, 4.69) is 0 Å². The number of halogens is 1. The Morgan fingerprint density at radius 2 is 1.67 bits per heavy atom. The highest BCUT2D eigenvalue weighted by Gasteiger charge is 2.16. The third kappa shape index (κ3) is 3.82. The molecule has 0 spiro atoms. The fraction of sp³-hybridized carbons (Fsp3) is 0.500. The number of aliphatic hydroxyl groups excluding tert-OH is 2. The molecule has 2 nitrogen and oxygen atoms in total. The fourth-order valence-electron chi connectivity index (χ4n) is 1.49. The Bertz CT molecular complexity index is 295. The van der Waals surface area contributed by atoms with E-state index in [0.29, 0.717) is 11.4 Å². The molecule has 0 aliphatic heterocycles. The van der Waals surface area contributed by atoms with Gasteiger partial charge < -0.3 is 10.2 Å². The van der Waals surface area contributed by atoms with Gasteiger partial charge in [0, 0.05) is 5.02 Å². The van der Waals surface area contributed by atoms with E-state index < -0.39 is 12.2 Å². The molecular weight excluding hydrogens is 212 g/mol. The lowest BCUT2D eigenvalue weighted by Crippen LogP contribution is -2.24. The van der Waals surface area contributed by atoms with Crippen LogP contribution in [0.1, 0.15) is 31.7 Å². The van der Waals surface area contributed by atoms with Crippen molar-refractivity contribution in [2.45, 2.75) is 38.4 Å². The Balaban J connectivity index is 2.61. The largest absolute Gasteiger partial charge is 0.391 e. The lowest BCUT2D eigenvalue weighted by Gasteiger charge is -2.18. The van der Waals surface area contributed by atoms with Gasteiger partial charge in [0.2, 0.25) is 0 Å². The molecule has 3 atom stereocenters. The van der Waals surface area contributed by atoms with Gasteiger partial charge in [-0.15, -0.1) is 0 Å². The van der Waals surface area contributed by atoms with E-state index in [1.54, 1.807) is 6.92 Å². The third-order valence-corrected chi connectivity index (χ3v) is 2.84. The Hall–Kier alpha value is -0.570. The molecule has 0 saturated carbocycles. The predicted molar refractivity (Wildman–Crippen MR) is 62.2 cm³/mol. The van der Waals surface area contributed by atoms with Gasteiger partial charge in [-0.3, -0.25) is 0 Å². The molecule has 0 saturated heterocycles. The summed E-state index contributed by atoms with van der Waals surface area (Å²) in [6, 6.07) is 7.56. The van der Waals surface area contributed by atoms with Crippen LogP contribution in [-0.4, -0.2) is 22.4 Å². The standard InChI is InChI=1S/C12H17ClO2/c1-8(7-12(15)9(2)14)10-3-5-11(13)6-4-10/h3-6,8-9,12,14-15H,7H2,1-2H3. The molecule has 2 N–H and O–H groups in total. The van der Waals surface area contributed by atoms with Gasteiger partial charge in [-0.1, -0.05) is 30.7 Å². The first-order valence-electron chi connectivity index (χ1n) is 5.12.